The van der Waals surface area contributed by atoms with Crippen LogP contribution in [0.15, 0.2) is 60.8 Å². The highest BCUT2D eigenvalue weighted by molar-refractivity contribution is 6.30. The number of para-hydroxylation sites is 1. The van der Waals surface area contributed by atoms with Crippen LogP contribution in [0.2, 0.25) is 5.02 Å². The maximum Gasteiger partial charge on any atom is 0.326 e. The second kappa shape index (κ2) is 7.32. The molecule has 0 bridgehead atoms. The lowest BCUT2D eigenvalue weighted by molar-refractivity contribution is -0.139. The van der Waals surface area contributed by atoms with Crippen molar-refractivity contribution in [3.8, 4) is 0 Å². The number of benzene rings is 2. The maximum absolute atomic E-state index is 12.6. The van der Waals surface area contributed by atoms with Crippen LogP contribution in [0, 0.1) is 0 Å². The van der Waals surface area contributed by atoms with Gasteiger partial charge in [-0.15, -0.1) is 0 Å². The van der Waals surface area contributed by atoms with E-state index >= 15 is 0 Å². The van der Waals surface area contributed by atoms with E-state index in [0.29, 0.717) is 21.5 Å². The zero-order chi connectivity index (χ0) is 17.8. The van der Waals surface area contributed by atoms with Gasteiger partial charge in [-0.25, -0.2) is 4.79 Å². The molecule has 1 heterocycles. The van der Waals surface area contributed by atoms with Crippen LogP contribution in [0.25, 0.3) is 10.9 Å². The molecule has 0 radical (unpaired) electrons. The third-order valence-electron chi connectivity index (χ3n) is 3.83. The molecule has 3 rings (SSSR count). The normalized spacial score (nSPS) is 11.9. The highest BCUT2D eigenvalue weighted by Crippen LogP contribution is 2.17. The number of fused-ring (bicyclic) bond motifs is 1. The van der Waals surface area contributed by atoms with Crippen molar-refractivity contribution in [1.29, 1.82) is 0 Å². The van der Waals surface area contributed by atoms with E-state index in [-0.39, 0.29) is 6.42 Å². The smallest absolute Gasteiger partial charge is 0.326 e. The first-order valence-electron chi connectivity index (χ1n) is 7.66. The summed E-state index contributed by atoms with van der Waals surface area (Å²) < 4.78 is 0. The number of rotatable bonds is 5. The van der Waals surface area contributed by atoms with Gasteiger partial charge in [0, 0.05) is 23.0 Å². The number of hydrogen-bond donors (Lipinski definition) is 2. The molecule has 25 heavy (non-hydrogen) atoms. The lowest BCUT2D eigenvalue weighted by Crippen LogP contribution is -2.42. The van der Waals surface area contributed by atoms with Gasteiger partial charge in [0.1, 0.15) is 6.04 Å². The van der Waals surface area contributed by atoms with Crippen LogP contribution >= 0.6 is 11.6 Å². The number of nitrogens with one attached hydrogen (secondary N) is 1. The van der Waals surface area contributed by atoms with E-state index in [9.17, 15) is 14.7 Å². The SMILES string of the molecule is O=C(N[C@@H](Cc1cccc(Cl)c1)C(=O)O)c1ccnc2ccccc12. The number of pyridine rings is 1. The zero-order valence-corrected chi connectivity index (χ0v) is 13.9. The first-order valence-corrected chi connectivity index (χ1v) is 8.04. The van der Waals surface area contributed by atoms with Crippen LogP contribution in [-0.4, -0.2) is 28.0 Å². The minimum absolute atomic E-state index is 0.144. The number of amides is 1. The number of carboxylic acid groups (broad SMARTS) is 1. The van der Waals surface area contributed by atoms with Crippen molar-refractivity contribution in [2.45, 2.75) is 12.5 Å². The van der Waals surface area contributed by atoms with E-state index in [1.807, 2.05) is 6.07 Å². The van der Waals surface area contributed by atoms with Crippen LogP contribution in [0.1, 0.15) is 15.9 Å². The predicted octanol–water partition coefficient (Wildman–Crippen LogP) is 3.31. The Morgan fingerprint density at radius 3 is 2.68 bits per heavy atom. The second-order valence-corrected chi connectivity index (χ2v) is 6.01. The fourth-order valence-corrected chi connectivity index (χ4v) is 2.84. The van der Waals surface area contributed by atoms with Crippen molar-refractivity contribution < 1.29 is 14.7 Å². The summed E-state index contributed by atoms with van der Waals surface area (Å²) in [5.74, 6) is -1.56. The predicted molar refractivity (Wildman–Crippen MR) is 95.8 cm³/mol. The van der Waals surface area contributed by atoms with Gasteiger partial charge < -0.3 is 10.4 Å². The van der Waals surface area contributed by atoms with E-state index in [2.05, 4.69) is 10.3 Å². The van der Waals surface area contributed by atoms with Crippen molar-refractivity contribution in [3.63, 3.8) is 0 Å². The van der Waals surface area contributed by atoms with Gasteiger partial charge in [0.05, 0.1) is 11.1 Å². The molecule has 0 aliphatic rings. The standard InChI is InChI=1S/C19H15ClN2O3/c20-13-5-3-4-12(10-13)11-17(19(24)25)22-18(23)15-8-9-21-16-7-2-1-6-14(15)16/h1-10,17H,11H2,(H,22,23)(H,24,25)/t17-/m0/s1. The minimum atomic E-state index is -1.10. The van der Waals surface area contributed by atoms with Crippen LogP contribution in [-0.2, 0) is 11.2 Å². The van der Waals surface area contributed by atoms with Crippen molar-refractivity contribution >= 4 is 34.4 Å². The molecule has 1 atom stereocenters. The molecule has 0 aliphatic carbocycles. The third kappa shape index (κ3) is 3.95. The van der Waals surface area contributed by atoms with Gasteiger partial charge >= 0.3 is 5.97 Å². The number of aromatic nitrogens is 1. The summed E-state index contributed by atoms with van der Waals surface area (Å²) in [7, 11) is 0. The maximum atomic E-state index is 12.6. The molecule has 1 amide bonds. The van der Waals surface area contributed by atoms with E-state index in [0.717, 1.165) is 5.56 Å². The summed E-state index contributed by atoms with van der Waals surface area (Å²) in [6, 6.07) is 14.7. The van der Waals surface area contributed by atoms with Gasteiger partial charge in [-0.2, -0.15) is 0 Å². The zero-order valence-electron chi connectivity index (χ0n) is 13.1. The van der Waals surface area contributed by atoms with Gasteiger partial charge in [-0.3, -0.25) is 9.78 Å². The molecule has 5 nitrogen and oxygen atoms in total. The Morgan fingerprint density at radius 1 is 1.12 bits per heavy atom. The summed E-state index contributed by atoms with van der Waals surface area (Å²) in [4.78, 5) is 28.4. The fourth-order valence-electron chi connectivity index (χ4n) is 2.63. The number of halogens is 1. The average Bonchev–Trinajstić information content (AvgIpc) is 2.60. The lowest BCUT2D eigenvalue weighted by atomic mass is 10.0. The largest absolute Gasteiger partial charge is 0.480 e. The quantitative estimate of drug-likeness (QED) is 0.736. The molecule has 0 fully saturated rings. The first-order chi connectivity index (χ1) is 12.0. The molecule has 0 spiro atoms. The molecule has 126 valence electrons. The Labute approximate surface area is 149 Å². The lowest BCUT2D eigenvalue weighted by Gasteiger charge is -2.15. The van der Waals surface area contributed by atoms with Crippen molar-refractivity contribution in [3.05, 3.63) is 76.9 Å². The Hall–Kier alpha value is -2.92. The third-order valence-corrected chi connectivity index (χ3v) is 4.06. The Morgan fingerprint density at radius 2 is 1.92 bits per heavy atom. The fraction of sp³-hybridized carbons (Fsp3) is 0.105. The molecule has 2 aromatic carbocycles. The van der Waals surface area contributed by atoms with Crippen molar-refractivity contribution in [2.75, 3.05) is 0 Å². The molecule has 0 unspecified atom stereocenters. The second-order valence-electron chi connectivity index (χ2n) is 5.57. The highest BCUT2D eigenvalue weighted by Gasteiger charge is 2.22. The average molecular weight is 355 g/mol. The van der Waals surface area contributed by atoms with Gasteiger partial charge in [-0.05, 0) is 29.8 Å². The Kier molecular flexibility index (Phi) is 4.95. The number of carbonyl (C=O) groups excluding carboxylic acids is 1. The van der Waals surface area contributed by atoms with Gasteiger partial charge in [0.15, 0.2) is 0 Å². The van der Waals surface area contributed by atoms with E-state index in [1.54, 1.807) is 48.5 Å². The molecule has 6 heteroatoms. The molecule has 2 N–H and O–H groups in total. The monoisotopic (exact) mass is 354 g/mol. The molecule has 0 aliphatic heterocycles. The highest BCUT2D eigenvalue weighted by atomic mass is 35.5. The summed E-state index contributed by atoms with van der Waals surface area (Å²) in [6.45, 7) is 0. The summed E-state index contributed by atoms with van der Waals surface area (Å²) in [5.41, 5.74) is 1.81. The van der Waals surface area contributed by atoms with Crippen LogP contribution < -0.4 is 5.32 Å². The molecule has 0 saturated carbocycles. The number of carbonyl (C=O) groups is 2. The minimum Gasteiger partial charge on any atom is -0.480 e. The van der Waals surface area contributed by atoms with E-state index in [1.165, 1.54) is 6.20 Å². The number of carboxylic acids is 1. The number of hydrogen-bond acceptors (Lipinski definition) is 3. The molecule has 3 aromatic rings. The van der Waals surface area contributed by atoms with E-state index in [4.69, 9.17) is 11.6 Å². The van der Waals surface area contributed by atoms with Gasteiger partial charge in [0.2, 0.25) is 0 Å². The number of nitrogens with zero attached hydrogens (tertiary/aromatic N) is 1. The van der Waals surface area contributed by atoms with E-state index < -0.39 is 17.9 Å². The Balaban J connectivity index is 1.84. The van der Waals surface area contributed by atoms with Crippen LogP contribution in [0.5, 0.6) is 0 Å². The van der Waals surface area contributed by atoms with Crippen LogP contribution in [0.3, 0.4) is 0 Å². The molecular formula is C19H15ClN2O3. The van der Waals surface area contributed by atoms with Crippen molar-refractivity contribution in [1.82, 2.24) is 10.3 Å². The first kappa shape index (κ1) is 16.9. The molecule has 1 aromatic heterocycles. The van der Waals surface area contributed by atoms with Gasteiger partial charge in [-0.1, -0.05) is 41.9 Å². The topological polar surface area (TPSA) is 79.3 Å². The molecular weight excluding hydrogens is 340 g/mol. The summed E-state index contributed by atoms with van der Waals surface area (Å²) >= 11 is 5.93. The van der Waals surface area contributed by atoms with Gasteiger partial charge in [0.25, 0.3) is 5.91 Å². The Bertz CT molecular complexity index is 937. The summed E-state index contributed by atoms with van der Waals surface area (Å²) in [5, 5.41) is 13.2. The van der Waals surface area contributed by atoms with Crippen molar-refractivity contribution in [2.24, 2.45) is 0 Å². The van der Waals surface area contributed by atoms with Crippen LogP contribution in [0.4, 0.5) is 0 Å². The number of aliphatic carboxylic acids is 1. The molecule has 0 saturated heterocycles. The summed E-state index contributed by atoms with van der Waals surface area (Å²) in [6.07, 6.45) is 1.68.